The molecule has 4 N–H and O–H groups in total. The lowest BCUT2D eigenvalue weighted by atomic mass is 9.88. The van der Waals surface area contributed by atoms with Crippen LogP contribution in [0.3, 0.4) is 0 Å². The molecular formula is C31H22ClF5N4O5. The van der Waals surface area contributed by atoms with Crippen LogP contribution in [0.25, 0.3) is 22.2 Å². The van der Waals surface area contributed by atoms with Gasteiger partial charge in [-0.3, -0.25) is 14.6 Å². The number of nitrogens with zero attached hydrogens (tertiary/aromatic N) is 2. The van der Waals surface area contributed by atoms with E-state index in [-0.39, 0.29) is 45.0 Å². The van der Waals surface area contributed by atoms with Crippen molar-refractivity contribution in [3.63, 3.8) is 0 Å². The van der Waals surface area contributed by atoms with Crippen LogP contribution in [0.15, 0.2) is 54.7 Å². The topological polar surface area (TPSA) is 137 Å². The molecule has 46 heavy (non-hydrogen) atoms. The first-order valence-electron chi connectivity index (χ1n) is 14.0. The van der Waals surface area contributed by atoms with E-state index in [0.717, 1.165) is 25.0 Å². The maximum atomic E-state index is 14.9. The monoisotopic (exact) mass is 660 g/mol. The van der Waals surface area contributed by atoms with Crippen molar-refractivity contribution in [1.82, 2.24) is 15.3 Å². The van der Waals surface area contributed by atoms with Crippen molar-refractivity contribution < 1.29 is 46.1 Å². The third-order valence-electron chi connectivity index (χ3n) is 8.42. The van der Waals surface area contributed by atoms with Gasteiger partial charge in [0.15, 0.2) is 23.4 Å². The molecule has 7 rings (SSSR count). The molecule has 2 amide bonds. The second-order valence-corrected chi connectivity index (χ2v) is 11.9. The number of rotatable bonds is 8. The van der Waals surface area contributed by atoms with Gasteiger partial charge in [0.05, 0.1) is 23.4 Å². The Hall–Kier alpha value is -4.56. The van der Waals surface area contributed by atoms with Crippen LogP contribution in [0.2, 0.25) is 5.02 Å². The van der Waals surface area contributed by atoms with Crippen molar-refractivity contribution in [3.05, 3.63) is 82.4 Å². The average Bonchev–Trinajstić information content (AvgIpc) is 3.89. The molecule has 238 valence electrons. The van der Waals surface area contributed by atoms with Crippen LogP contribution >= 0.6 is 11.6 Å². The number of carbonyl (C=O) groups excluding carboxylic acids is 2. The molecule has 4 aromatic rings. The molecule has 15 heteroatoms. The molecule has 2 unspecified atom stereocenters. The van der Waals surface area contributed by atoms with Crippen LogP contribution in [0, 0.1) is 5.82 Å². The largest absolute Gasteiger partial charge is 0.488 e. The number of nitrogens with two attached hydrogens (primary N) is 1. The number of hydrogen-bond donors (Lipinski definition) is 3. The van der Waals surface area contributed by atoms with Crippen LogP contribution in [-0.4, -0.2) is 58.0 Å². The van der Waals surface area contributed by atoms with Crippen LogP contribution in [0.5, 0.6) is 11.5 Å². The van der Waals surface area contributed by atoms with Gasteiger partial charge < -0.3 is 25.6 Å². The fourth-order valence-corrected chi connectivity index (χ4v) is 5.87. The van der Waals surface area contributed by atoms with E-state index in [1.54, 1.807) is 0 Å². The third kappa shape index (κ3) is 4.61. The first-order valence-corrected chi connectivity index (χ1v) is 14.4. The summed E-state index contributed by atoms with van der Waals surface area (Å²) in [5.74, 6) is -2.86. The number of hydrogen-bond acceptors (Lipinski definition) is 7. The summed E-state index contributed by atoms with van der Waals surface area (Å²) in [7, 11) is 0. The zero-order valence-electron chi connectivity index (χ0n) is 23.4. The first-order chi connectivity index (χ1) is 21.7. The van der Waals surface area contributed by atoms with Crippen molar-refractivity contribution in [3.8, 4) is 22.8 Å². The molecule has 2 saturated carbocycles. The van der Waals surface area contributed by atoms with E-state index in [1.165, 1.54) is 36.5 Å². The summed E-state index contributed by atoms with van der Waals surface area (Å²) in [6.07, 6.45) is -5.99. The summed E-state index contributed by atoms with van der Waals surface area (Å²) in [6.45, 7) is -1.44. The first kappa shape index (κ1) is 30.1. The molecule has 0 bridgehead atoms. The summed E-state index contributed by atoms with van der Waals surface area (Å²) in [6, 6.07) is 9.31. The van der Waals surface area contributed by atoms with Crippen molar-refractivity contribution in [2.24, 2.45) is 5.73 Å². The fourth-order valence-electron chi connectivity index (χ4n) is 5.70. The average molecular weight is 661 g/mol. The number of halogens is 6. The van der Waals surface area contributed by atoms with Gasteiger partial charge in [0.25, 0.3) is 5.91 Å². The summed E-state index contributed by atoms with van der Waals surface area (Å²) < 4.78 is 84.3. The molecule has 0 radical (unpaired) electrons. The van der Waals surface area contributed by atoms with Gasteiger partial charge in [-0.25, -0.2) is 13.8 Å². The Labute approximate surface area is 261 Å². The number of aromatic nitrogens is 2. The van der Waals surface area contributed by atoms with E-state index in [9.17, 15) is 36.6 Å². The van der Waals surface area contributed by atoms with E-state index >= 15 is 0 Å². The van der Waals surface area contributed by atoms with E-state index < -0.39 is 59.3 Å². The summed E-state index contributed by atoms with van der Waals surface area (Å²) in [5.41, 5.74) is -1.88. The molecule has 4 atom stereocenters. The molecule has 9 nitrogen and oxygen atoms in total. The van der Waals surface area contributed by atoms with Gasteiger partial charge >= 0.3 is 6.18 Å². The standard InChI is InChI=1S/C31H22ClF5N4O5/c32-16-8-14-7-15(9-20(22(14)39-11-16)45-18-5-6-18)27(42)40-12-29(44,31(35,36)37)21-10-19-24(46-26-25(34)30(19,26)28(38)43)23(41-21)13-1-3-17(33)4-2-13/h1-4,7-11,18,25-26,44H,5-6,12H2,(H2,38,43)(H,40,42)/t25?,26?,29-,30-/m0/s1. The van der Waals surface area contributed by atoms with Gasteiger partial charge in [0, 0.05) is 28.3 Å². The minimum Gasteiger partial charge on any atom is -0.488 e. The number of aliphatic hydroxyl groups is 1. The smallest absolute Gasteiger partial charge is 0.424 e. The van der Waals surface area contributed by atoms with E-state index in [4.69, 9.17) is 26.8 Å². The van der Waals surface area contributed by atoms with E-state index in [2.05, 4.69) is 15.3 Å². The summed E-state index contributed by atoms with van der Waals surface area (Å²) in [5, 5.41) is 14.0. The molecule has 2 aliphatic carbocycles. The highest BCUT2D eigenvalue weighted by Gasteiger charge is 2.78. The molecule has 1 aliphatic heterocycles. The van der Waals surface area contributed by atoms with Crippen LogP contribution < -0.4 is 20.5 Å². The molecule has 3 aliphatic rings. The maximum absolute atomic E-state index is 14.9. The minimum absolute atomic E-state index is 0.0519. The number of nitrogens with one attached hydrogen (secondary N) is 1. The lowest BCUT2D eigenvalue weighted by Crippen LogP contribution is -2.51. The Morgan fingerprint density at radius 3 is 2.52 bits per heavy atom. The quantitative estimate of drug-likeness (QED) is 0.234. The molecule has 0 spiro atoms. The number of primary amides is 1. The van der Waals surface area contributed by atoms with E-state index in [0.29, 0.717) is 17.0 Å². The Kier molecular flexibility index (Phi) is 6.69. The highest BCUT2D eigenvalue weighted by Crippen LogP contribution is 2.62. The minimum atomic E-state index is -5.46. The summed E-state index contributed by atoms with van der Waals surface area (Å²) >= 11 is 6.07. The molecule has 0 saturated heterocycles. The molecule has 2 aromatic heterocycles. The number of carbonyl (C=O) groups is 2. The second kappa shape index (κ2) is 10.2. The molecule has 3 heterocycles. The zero-order chi connectivity index (χ0) is 32.8. The Morgan fingerprint density at radius 1 is 1.15 bits per heavy atom. The van der Waals surface area contributed by atoms with Crippen LogP contribution in [0.1, 0.15) is 34.5 Å². The van der Waals surface area contributed by atoms with Crippen molar-refractivity contribution in [1.29, 1.82) is 0 Å². The molecule has 2 aromatic carbocycles. The van der Waals surface area contributed by atoms with Crippen molar-refractivity contribution in [2.75, 3.05) is 6.54 Å². The van der Waals surface area contributed by atoms with Crippen LogP contribution in [0.4, 0.5) is 22.0 Å². The number of alkyl halides is 4. The Bertz CT molecular complexity index is 1940. The van der Waals surface area contributed by atoms with Crippen molar-refractivity contribution >= 4 is 34.3 Å². The highest BCUT2D eigenvalue weighted by molar-refractivity contribution is 6.31. The normalized spacial score (nSPS) is 22.8. The van der Waals surface area contributed by atoms with Gasteiger partial charge in [-0.05, 0) is 61.4 Å². The maximum Gasteiger partial charge on any atom is 0.424 e. The van der Waals surface area contributed by atoms with Gasteiger partial charge in [0.1, 0.15) is 22.8 Å². The SMILES string of the molecule is NC(=O)[C@]12c3cc([C@@](O)(CNC(=O)c4cc(OC5CC5)c5ncc(Cl)cc5c4)C(F)(F)F)nc(-c4ccc(F)cc4)c3OC1C2F. The number of amides is 2. The Balaban J connectivity index is 1.29. The van der Waals surface area contributed by atoms with Gasteiger partial charge in [-0.1, -0.05) is 11.6 Å². The van der Waals surface area contributed by atoms with Gasteiger partial charge in [0.2, 0.25) is 11.5 Å². The highest BCUT2D eigenvalue weighted by atomic mass is 35.5. The molecule has 2 fully saturated rings. The fraction of sp³-hybridized carbons (Fsp3) is 0.290. The second-order valence-electron chi connectivity index (χ2n) is 11.5. The third-order valence-corrected chi connectivity index (χ3v) is 8.63. The zero-order valence-corrected chi connectivity index (χ0v) is 24.1. The molecular weight excluding hydrogens is 639 g/mol. The predicted octanol–water partition coefficient (Wildman–Crippen LogP) is 4.65. The van der Waals surface area contributed by atoms with Gasteiger partial charge in [-0.15, -0.1) is 0 Å². The number of benzene rings is 2. The number of ether oxygens (including phenoxy) is 2. The Morgan fingerprint density at radius 2 is 1.87 bits per heavy atom. The lowest BCUT2D eigenvalue weighted by molar-refractivity contribution is -0.265. The number of pyridine rings is 2. The van der Waals surface area contributed by atoms with Crippen LogP contribution in [-0.2, 0) is 15.8 Å². The van der Waals surface area contributed by atoms with E-state index in [1.807, 2.05) is 0 Å². The summed E-state index contributed by atoms with van der Waals surface area (Å²) in [4.78, 5) is 34.0. The van der Waals surface area contributed by atoms with Crippen molar-refractivity contribution in [2.45, 2.75) is 48.4 Å². The lowest BCUT2D eigenvalue weighted by Gasteiger charge is -2.31. The van der Waals surface area contributed by atoms with Gasteiger partial charge in [-0.2, -0.15) is 13.2 Å². The predicted molar refractivity (Wildman–Crippen MR) is 153 cm³/mol. The number of fused-ring (bicyclic) bond motifs is 4.